The first kappa shape index (κ1) is 19.3. The third-order valence-electron chi connectivity index (χ3n) is 6.09. The van der Waals surface area contributed by atoms with Gasteiger partial charge in [-0.05, 0) is 71.6 Å². The Hall–Kier alpha value is -2.04. The number of rotatable bonds is 2. The van der Waals surface area contributed by atoms with E-state index >= 15 is 0 Å². The van der Waals surface area contributed by atoms with E-state index in [1.165, 1.54) is 22.2 Å². The molecule has 1 aliphatic heterocycles. The Balaban J connectivity index is 1.86. The molecule has 3 aromatic rings. The van der Waals surface area contributed by atoms with Gasteiger partial charge in [0.15, 0.2) is 0 Å². The van der Waals surface area contributed by atoms with Crippen LogP contribution in [0.15, 0.2) is 54.6 Å². The molecule has 0 radical (unpaired) electrons. The highest BCUT2D eigenvalue weighted by Gasteiger charge is 2.51. The van der Waals surface area contributed by atoms with Crippen molar-refractivity contribution in [3.8, 4) is 11.3 Å². The van der Waals surface area contributed by atoms with Crippen LogP contribution < -0.4 is 5.46 Å². The number of hydrogen-bond acceptors (Lipinski definition) is 2. The fourth-order valence-electron chi connectivity index (χ4n) is 3.89. The van der Waals surface area contributed by atoms with E-state index in [1.807, 2.05) is 0 Å². The van der Waals surface area contributed by atoms with Crippen molar-refractivity contribution in [2.45, 2.75) is 65.2 Å². The Kier molecular flexibility index (Phi) is 4.29. The van der Waals surface area contributed by atoms with Crippen molar-refractivity contribution in [1.82, 2.24) is 4.57 Å². The third-order valence-corrected chi connectivity index (χ3v) is 6.09. The molecule has 3 nitrogen and oxygen atoms in total. The molecule has 0 bridgehead atoms. The van der Waals surface area contributed by atoms with Crippen LogP contribution in [-0.4, -0.2) is 22.9 Å². The van der Waals surface area contributed by atoms with Gasteiger partial charge in [-0.1, -0.05) is 42.5 Å². The molecule has 0 atom stereocenters. The summed E-state index contributed by atoms with van der Waals surface area (Å²) in [7, 11) is -0.349. The fourth-order valence-corrected chi connectivity index (χ4v) is 3.89. The van der Waals surface area contributed by atoms with Crippen LogP contribution in [0.2, 0.25) is 0 Å². The van der Waals surface area contributed by atoms with Gasteiger partial charge < -0.3 is 13.9 Å². The molecule has 2 heterocycles. The summed E-state index contributed by atoms with van der Waals surface area (Å²) in [5, 5.41) is 1.23. The van der Waals surface area contributed by atoms with Crippen molar-refractivity contribution >= 4 is 23.5 Å². The minimum Gasteiger partial charge on any atom is -0.399 e. The van der Waals surface area contributed by atoms with E-state index in [1.54, 1.807) is 0 Å². The summed E-state index contributed by atoms with van der Waals surface area (Å²) in [6, 6.07) is 19.4. The predicted molar refractivity (Wildman–Crippen MR) is 118 cm³/mol. The number of benzene rings is 2. The van der Waals surface area contributed by atoms with Gasteiger partial charge in [-0.2, -0.15) is 0 Å². The second kappa shape index (κ2) is 6.23. The fraction of sp³-hybridized carbons (Fsp3) is 0.417. The van der Waals surface area contributed by atoms with Gasteiger partial charge in [-0.15, -0.1) is 0 Å². The Bertz CT molecular complexity index is 996. The number of aromatic nitrogens is 1. The number of nitrogens with zero attached hydrogens (tertiary/aromatic N) is 1. The highest BCUT2D eigenvalue weighted by atomic mass is 16.7. The Morgan fingerprint density at radius 1 is 0.821 bits per heavy atom. The molecule has 4 rings (SSSR count). The topological polar surface area (TPSA) is 23.4 Å². The quantitative estimate of drug-likeness (QED) is 0.563. The zero-order valence-electron chi connectivity index (χ0n) is 18.0. The molecule has 1 aromatic heterocycles. The molecule has 1 fully saturated rings. The minimum atomic E-state index is -0.349. The highest BCUT2D eigenvalue weighted by molar-refractivity contribution is 6.62. The molecule has 1 saturated heterocycles. The molecular weight excluding hydrogens is 345 g/mol. The van der Waals surface area contributed by atoms with Crippen molar-refractivity contribution in [2.75, 3.05) is 0 Å². The summed E-state index contributed by atoms with van der Waals surface area (Å²) >= 11 is 0. The predicted octanol–water partition coefficient (Wildman–Crippen LogP) is 5.36. The molecule has 0 N–H and O–H groups in total. The molecule has 4 heteroatoms. The maximum Gasteiger partial charge on any atom is 0.494 e. The standard InChI is InChI=1S/C24H30BNO2/c1-22(2,3)26-20(17-11-9-8-10-12-17)15-18-13-14-19(16-21(18)26)25-27-23(4,5)24(6,7)28-25/h8-16H,1-7H3. The first-order valence-electron chi connectivity index (χ1n) is 10.1. The zero-order valence-corrected chi connectivity index (χ0v) is 18.0. The third kappa shape index (κ3) is 3.09. The van der Waals surface area contributed by atoms with Crippen molar-refractivity contribution in [3.63, 3.8) is 0 Å². The summed E-state index contributed by atoms with van der Waals surface area (Å²) in [4.78, 5) is 0. The molecule has 0 amide bonds. The van der Waals surface area contributed by atoms with Crippen LogP contribution >= 0.6 is 0 Å². The second-order valence-corrected chi connectivity index (χ2v) is 9.81. The van der Waals surface area contributed by atoms with Crippen molar-refractivity contribution in [1.29, 1.82) is 0 Å². The van der Waals surface area contributed by atoms with Crippen LogP contribution in [0.3, 0.4) is 0 Å². The van der Waals surface area contributed by atoms with Gasteiger partial charge in [0.25, 0.3) is 0 Å². The van der Waals surface area contributed by atoms with Gasteiger partial charge >= 0.3 is 7.12 Å². The first-order valence-corrected chi connectivity index (χ1v) is 10.1. The average molecular weight is 375 g/mol. The molecule has 28 heavy (non-hydrogen) atoms. The summed E-state index contributed by atoms with van der Waals surface area (Å²) in [5.74, 6) is 0. The van der Waals surface area contributed by atoms with Gasteiger partial charge in [-0.25, -0.2) is 0 Å². The van der Waals surface area contributed by atoms with Crippen molar-refractivity contribution in [2.24, 2.45) is 0 Å². The van der Waals surface area contributed by atoms with Crippen LogP contribution in [0.1, 0.15) is 48.5 Å². The Morgan fingerprint density at radius 3 is 2.00 bits per heavy atom. The van der Waals surface area contributed by atoms with Crippen LogP contribution in [-0.2, 0) is 14.8 Å². The average Bonchev–Trinajstić information content (AvgIpc) is 3.09. The Labute approximate surface area is 168 Å². The summed E-state index contributed by atoms with van der Waals surface area (Å²) in [5.41, 5.74) is 4.00. The number of hydrogen-bond donors (Lipinski definition) is 0. The molecule has 1 aliphatic rings. The maximum absolute atomic E-state index is 6.28. The lowest BCUT2D eigenvalue weighted by Gasteiger charge is -2.32. The summed E-state index contributed by atoms with van der Waals surface area (Å²) in [6.07, 6.45) is 0. The molecule has 0 spiro atoms. The van der Waals surface area contributed by atoms with E-state index in [4.69, 9.17) is 9.31 Å². The lowest BCUT2D eigenvalue weighted by atomic mass is 9.79. The van der Waals surface area contributed by atoms with Gasteiger partial charge in [-0.3, -0.25) is 0 Å². The van der Waals surface area contributed by atoms with E-state index < -0.39 is 0 Å². The minimum absolute atomic E-state index is 0.0541. The molecule has 146 valence electrons. The van der Waals surface area contributed by atoms with Crippen molar-refractivity contribution < 1.29 is 9.31 Å². The lowest BCUT2D eigenvalue weighted by Crippen LogP contribution is -2.41. The largest absolute Gasteiger partial charge is 0.494 e. The van der Waals surface area contributed by atoms with Gasteiger partial charge in [0.1, 0.15) is 0 Å². The van der Waals surface area contributed by atoms with Crippen LogP contribution in [0.4, 0.5) is 0 Å². The lowest BCUT2D eigenvalue weighted by molar-refractivity contribution is 0.00578. The van der Waals surface area contributed by atoms with Gasteiger partial charge in [0.2, 0.25) is 0 Å². The first-order chi connectivity index (χ1) is 13.0. The van der Waals surface area contributed by atoms with Crippen molar-refractivity contribution in [3.05, 3.63) is 54.6 Å². The molecular formula is C24H30BNO2. The zero-order chi connectivity index (χ0) is 20.3. The van der Waals surface area contributed by atoms with E-state index in [2.05, 4.69) is 108 Å². The van der Waals surface area contributed by atoms with Crippen LogP contribution in [0.25, 0.3) is 22.2 Å². The van der Waals surface area contributed by atoms with Crippen LogP contribution in [0.5, 0.6) is 0 Å². The molecule has 0 unspecified atom stereocenters. The Morgan fingerprint density at radius 2 is 1.43 bits per heavy atom. The molecule has 0 aliphatic carbocycles. The maximum atomic E-state index is 6.28. The monoisotopic (exact) mass is 375 g/mol. The molecule has 2 aromatic carbocycles. The van der Waals surface area contributed by atoms with E-state index in [-0.39, 0.29) is 23.9 Å². The normalized spacial score (nSPS) is 18.8. The second-order valence-electron chi connectivity index (χ2n) is 9.81. The van der Waals surface area contributed by atoms with E-state index in [9.17, 15) is 0 Å². The summed E-state index contributed by atoms with van der Waals surface area (Å²) < 4.78 is 15.0. The van der Waals surface area contributed by atoms with Gasteiger partial charge in [0.05, 0.1) is 11.2 Å². The highest BCUT2D eigenvalue weighted by Crippen LogP contribution is 2.37. The van der Waals surface area contributed by atoms with E-state index in [0.717, 1.165) is 5.46 Å². The molecule has 0 saturated carbocycles. The van der Waals surface area contributed by atoms with E-state index in [0.29, 0.717) is 0 Å². The summed E-state index contributed by atoms with van der Waals surface area (Å²) in [6.45, 7) is 15.1. The van der Waals surface area contributed by atoms with Gasteiger partial charge in [0, 0.05) is 22.1 Å². The number of fused-ring (bicyclic) bond motifs is 1. The smallest absolute Gasteiger partial charge is 0.399 e. The van der Waals surface area contributed by atoms with Crippen LogP contribution in [0, 0.1) is 0 Å². The SMILES string of the molecule is CC(C)(C)n1c(-c2ccccc2)cc2ccc(B3OC(C)(C)C(C)(C)O3)cc21.